The summed E-state index contributed by atoms with van der Waals surface area (Å²) in [7, 11) is 0. The zero-order valence-electron chi connectivity index (χ0n) is 15.1. The standard InChI is InChI=1S/C19H32N2O2/c1-5-6-9-16-11-13-17(14-12-16)21-18(22)10-7-8-15-20-23-19(2,3)4/h11-14,20H,5-10,15H2,1-4H3,(H,21,22). The van der Waals surface area contributed by atoms with E-state index in [1.807, 2.05) is 32.9 Å². The third-order valence-corrected chi connectivity index (χ3v) is 3.37. The molecular weight excluding hydrogens is 288 g/mol. The van der Waals surface area contributed by atoms with Crippen molar-refractivity contribution in [2.45, 2.75) is 71.8 Å². The van der Waals surface area contributed by atoms with Crippen LogP contribution in [0.5, 0.6) is 0 Å². The van der Waals surface area contributed by atoms with Crippen LogP contribution < -0.4 is 10.8 Å². The van der Waals surface area contributed by atoms with Crippen molar-refractivity contribution >= 4 is 11.6 Å². The summed E-state index contributed by atoms with van der Waals surface area (Å²) in [4.78, 5) is 17.3. The van der Waals surface area contributed by atoms with Crippen LogP contribution in [0.2, 0.25) is 0 Å². The quantitative estimate of drug-likeness (QED) is 0.494. The van der Waals surface area contributed by atoms with E-state index in [2.05, 4.69) is 29.9 Å². The third kappa shape index (κ3) is 10.1. The van der Waals surface area contributed by atoms with Gasteiger partial charge >= 0.3 is 0 Å². The normalized spacial score (nSPS) is 11.5. The Hall–Kier alpha value is -1.39. The second-order valence-electron chi connectivity index (χ2n) is 6.91. The van der Waals surface area contributed by atoms with E-state index in [0.29, 0.717) is 6.42 Å². The van der Waals surface area contributed by atoms with Crippen LogP contribution in [0.3, 0.4) is 0 Å². The van der Waals surface area contributed by atoms with E-state index in [1.165, 1.54) is 18.4 Å². The van der Waals surface area contributed by atoms with Crippen molar-refractivity contribution in [3.63, 3.8) is 0 Å². The Morgan fingerprint density at radius 2 is 1.78 bits per heavy atom. The minimum atomic E-state index is -0.180. The van der Waals surface area contributed by atoms with Gasteiger partial charge in [-0.2, -0.15) is 0 Å². The number of hydroxylamine groups is 1. The summed E-state index contributed by atoms with van der Waals surface area (Å²) >= 11 is 0. The average molecular weight is 320 g/mol. The number of rotatable bonds is 10. The van der Waals surface area contributed by atoms with Crippen molar-refractivity contribution in [2.24, 2.45) is 0 Å². The lowest BCUT2D eigenvalue weighted by atomic mass is 10.1. The molecule has 0 saturated carbocycles. The molecule has 23 heavy (non-hydrogen) atoms. The number of amides is 1. The second-order valence-corrected chi connectivity index (χ2v) is 6.91. The van der Waals surface area contributed by atoms with Gasteiger partial charge in [0.1, 0.15) is 0 Å². The molecule has 0 bridgehead atoms. The smallest absolute Gasteiger partial charge is 0.224 e. The molecule has 0 fully saturated rings. The van der Waals surface area contributed by atoms with Crippen molar-refractivity contribution in [2.75, 3.05) is 11.9 Å². The fourth-order valence-electron chi connectivity index (χ4n) is 2.11. The Balaban J connectivity index is 2.16. The summed E-state index contributed by atoms with van der Waals surface area (Å²) in [6, 6.07) is 8.17. The lowest BCUT2D eigenvalue weighted by molar-refractivity contribution is -0.116. The van der Waals surface area contributed by atoms with Crippen LogP contribution in [0, 0.1) is 0 Å². The van der Waals surface area contributed by atoms with Gasteiger partial charge in [0.25, 0.3) is 0 Å². The molecule has 4 nitrogen and oxygen atoms in total. The van der Waals surface area contributed by atoms with Crippen molar-refractivity contribution in [3.05, 3.63) is 29.8 Å². The number of hydrogen-bond acceptors (Lipinski definition) is 3. The second kappa shape index (κ2) is 10.4. The number of carbonyl (C=O) groups excluding carboxylic acids is 1. The van der Waals surface area contributed by atoms with Gasteiger partial charge in [-0.3, -0.25) is 9.63 Å². The maximum atomic E-state index is 11.9. The fraction of sp³-hybridized carbons (Fsp3) is 0.632. The highest BCUT2D eigenvalue weighted by atomic mass is 16.7. The van der Waals surface area contributed by atoms with Crippen molar-refractivity contribution in [1.82, 2.24) is 5.48 Å². The van der Waals surface area contributed by atoms with Crippen molar-refractivity contribution in [3.8, 4) is 0 Å². The van der Waals surface area contributed by atoms with Gasteiger partial charge in [0.2, 0.25) is 5.91 Å². The molecule has 1 aromatic carbocycles. The van der Waals surface area contributed by atoms with Crippen LogP contribution in [0.4, 0.5) is 5.69 Å². The topological polar surface area (TPSA) is 50.4 Å². The lowest BCUT2D eigenvalue weighted by Gasteiger charge is -2.19. The molecule has 0 heterocycles. The van der Waals surface area contributed by atoms with E-state index in [4.69, 9.17) is 4.84 Å². The number of carbonyl (C=O) groups is 1. The summed E-state index contributed by atoms with van der Waals surface area (Å²) in [5.74, 6) is 0.0723. The summed E-state index contributed by atoms with van der Waals surface area (Å²) in [5.41, 5.74) is 4.97. The maximum absolute atomic E-state index is 11.9. The molecule has 0 aliphatic heterocycles. The first kappa shape index (κ1) is 19.7. The molecule has 0 aliphatic carbocycles. The fourth-order valence-corrected chi connectivity index (χ4v) is 2.11. The molecule has 130 valence electrons. The largest absolute Gasteiger partial charge is 0.326 e. The van der Waals surface area contributed by atoms with Gasteiger partial charge in [0.15, 0.2) is 0 Å². The molecule has 1 rings (SSSR count). The first-order valence-electron chi connectivity index (χ1n) is 8.70. The van der Waals surface area contributed by atoms with Crippen molar-refractivity contribution < 1.29 is 9.63 Å². The van der Waals surface area contributed by atoms with Gasteiger partial charge in [-0.1, -0.05) is 25.5 Å². The number of hydrogen-bond donors (Lipinski definition) is 2. The number of benzene rings is 1. The Bertz CT molecular complexity index is 449. The van der Waals surface area contributed by atoms with Crippen LogP contribution in [-0.4, -0.2) is 18.1 Å². The molecule has 2 N–H and O–H groups in total. The highest BCUT2D eigenvalue weighted by Crippen LogP contribution is 2.12. The number of anilines is 1. The molecule has 0 atom stereocenters. The summed E-state index contributed by atoms with van der Waals surface area (Å²) in [5, 5.41) is 2.95. The molecule has 0 aliphatic rings. The Kier molecular flexibility index (Phi) is 8.89. The third-order valence-electron chi connectivity index (χ3n) is 3.37. The minimum absolute atomic E-state index is 0.0723. The average Bonchev–Trinajstić information content (AvgIpc) is 2.49. The van der Waals surface area contributed by atoms with E-state index in [0.717, 1.165) is 31.5 Å². The van der Waals surface area contributed by atoms with Crippen LogP contribution in [0.15, 0.2) is 24.3 Å². The highest BCUT2D eigenvalue weighted by Gasteiger charge is 2.09. The summed E-state index contributed by atoms with van der Waals surface area (Å²) in [6.45, 7) is 8.96. The van der Waals surface area contributed by atoms with Crippen LogP contribution in [-0.2, 0) is 16.1 Å². The highest BCUT2D eigenvalue weighted by molar-refractivity contribution is 5.90. The van der Waals surface area contributed by atoms with Gasteiger partial charge in [-0.25, -0.2) is 5.48 Å². The van der Waals surface area contributed by atoms with Crippen LogP contribution in [0.25, 0.3) is 0 Å². The number of aryl methyl sites for hydroxylation is 1. The number of nitrogens with one attached hydrogen (secondary N) is 2. The van der Waals surface area contributed by atoms with Gasteiger partial charge in [-0.05, 0) is 64.2 Å². The molecule has 1 amide bonds. The summed E-state index contributed by atoms with van der Waals surface area (Å²) < 4.78 is 0. The van der Waals surface area contributed by atoms with E-state index in [9.17, 15) is 4.79 Å². The van der Waals surface area contributed by atoms with Gasteiger partial charge in [0, 0.05) is 18.7 Å². The van der Waals surface area contributed by atoms with Gasteiger partial charge < -0.3 is 5.32 Å². The van der Waals surface area contributed by atoms with Gasteiger partial charge in [-0.15, -0.1) is 0 Å². The molecule has 1 aromatic rings. The van der Waals surface area contributed by atoms with Crippen LogP contribution in [0.1, 0.15) is 65.4 Å². The molecular formula is C19H32N2O2. The first-order valence-corrected chi connectivity index (χ1v) is 8.70. The molecule has 0 radical (unpaired) electrons. The maximum Gasteiger partial charge on any atom is 0.224 e. The zero-order chi connectivity index (χ0) is 17.1. The summed E-state index contributed by atoms with van der Waals surface area (Å²) in [6.07, 6.45) is 5.82. The molecule has 0 unspecified atom stereocenters. The number of unbranched alkanes of at least 4 members (excludes halogenated alkanes) is 2. The molecule has 0 saturated heterocycles. The predicted molar refractivity (Wildman–Crippen MR) is 96.4 cm³/mol. The predicted octanol–water partition coefficient (Wildman–Crippen LogP) is 4.46. The Labute approximate surface area is 141 Å². The Morgan fingerprint density at radius 1 is 1.09 bits per heavy atom. The first-order chi connectivity index (χ1) is 10.9. The monoisotopic (exact) mass is 320 g/mol. The van der Waals surface area contributed by atoms with Crippen LogP contribution >= 0.6 is 0 Å². The lowest BCUT2D eigenvalue weighted by Crippen LogP contribution is -2.29. The van der Waals surface area contributed by atoms with E-state index in [-0.39, 0.29) is 11.5 Å². The van der Waals surface area contributed by atoms with E-state index >= 15 is 0 Å². The minimum Gasteiger partial charge on any atom is -0.326 e. The zero-order valence-corrected chi connectivity index (χ0v) is 15.1. The SMILES string of the molecule is CCCCc1ccc(NC(=O)CCCCNOC(C)(C)C)cc1. The molecule has 0 spiro atoms. The van der Waals surface area contributed by atoms with E-state index in [1.54, 1.807) is 0 Å². The van der Waals surface area contributed by atoms with Gasteiger partial charge in [0.05, 0.1) is 5.60 Å². The van der Waals surface area contributed by atoms with E-state index < -0.39 is 0 Å². The molecule has 4 heteroatoms. The van der Waals surface area contributed by atoms with Crippen molar-refractivity contribution in [1.29, 1.82) is 0 Å². The molecule has 0 aromatic heterocycles. The Morgan fingerprint density at radius 3 is 2.39 bits per heavy atom.